The zero-order chi connectivity index (χ0) is 13.2. The highest BCUT2D eigenvalue weighted by molar-refractivity contribution is 7.09. The minimum Gasteiger partial charge on any atom is -0.368 e. The highest BCUT2D eigenvalue weighted by Crippen LogP contribution is 2.17. The zero-order valence-electron chi connectivity index (χ0n) is 10.4. The lowest BCUT2D eigenvalue weighted by molar-refractivity contribution is -0.125. The van der Waals surface area contributed by atoms with Gasteiger partial charge >= 0.3 is 0 Å². The molecule has 94 valence electrons. The van der Waals surface area contributed by atoms with Gasteiger partial charge in [0, 0.05) is 5.38 Å². The minimum absolute atomic E-state index is 0.0938. The van der Waals surface area contributed by atoms with Gasteiger partial charge in [-0.1, -0.05) is 13.8 Å². The largest absolute Gasteiger partial charge is 0.368 e. The Morgan fingerprint density at radius 1 is 1.53 bits per heavy atom. The second kappa shape index (κ2) is 4.83. The summed E-state index contributed by atoms with van der Waals surface area (Å²) in [5.74, 6) is -1.01. The molecular weight excluding hydrogens is 238 g/mol. The topological polar surface area (TPSA) is 85.1 Å². The van der Waals surface area contributed by atoms with Crippen molar-refractivity contribution < 1.29 is 9.59 Å². The molecule has 0 aliphatic heterocycles. The summed E-state index contributed by atoms with van der Waals surface area (Å²) in [7, 11) is 0. The van der Waals surface area contributed by atoms with E-state index in [1.54, 1.807) is 12.3 Å². The number of thiazole rings is 1. The Morgan fingerprint density at radius 2 is 2.12 bits per heavy atom. The van der Waals surface area contributed by atoms with E-state index >= 15 is 0 Å². The lowest BCUT2D eigenvalue weighted by Gasteiger charge is -2.31. The first-order valence-electron chi connectivity index (χ1n) is 5.32. The lowest BCUT2D eigenvalue weighted by Crippen LogP contribution is -2.58. The van der Waals surface area contributed by atoms with Crippen molar-refractivity contribution in [2.75, 3.05) is 0 Å². The molecule has 17 heavy (non-hydrogen) atoms. The Morgan fingerprint density at radius 3 is 2.47 bits per heavy atom. The van der Waals surface area contributed by atoms with Crippen molar-refractivity contribution in [1.82, 2.24) is 10.3 Å². The number of hydrogen-bond donors (Lipinski definition) is 2. The molecule has 0 spiro atoms. The summed E-state index contributed by atoms with van der Waals surface area (Å²) in [6.45, 7) is 7.10. The van der Waals surface area contributed by atoms with E-state index < -0.39 is 11.4 Å². The van der Waals surface area contributed by atoms with Gasteiger partial charge in [-0.05, 0) is 19.8 Å². The molecule has 1 rings (SSSR count). The monoisotopic (exact) mass is 255 g/mol. The van der Waals surface area contributed by atoms with Gasteiger partial charge in [-0.15, -0.1) is 11.3 Å². The van der Waals surface area contributed by atoms with Gasteiger partial charge in [0.25, 0.3) is 5.91 Å². The average Bonchev–Trinajstić information content (AvgIpc) is 2.64. The van der Waals surface area contributed by atoms with Gasteiger partial charge in [0.2, 0.25) is 5.91 Å². The van der Waals surface area contributed by atoms with Crippen LogP contribution in [-0.2, 0) is 4.79 Å². The van der Waals surface area contributed by atoms with E-state index in [1.807, 2.05) is 20.8 Å². The van der Waals surface area contributed by atoms with Crippen LogP contribution in [0.3, 0.4) is 0 Å². The van der Waals surface area contributed by atoms with E-state index in [4.69, 9.17) is 5.73 Å². The van der Waals surface area contributed by atoms with E-state index in [0.29, 0.717) is 5.69 Å². The summed E-state index contributed by atoms with van der Waals surface area (Å²) in [5.41, 5.74) is 4.59. The third-order valence-corrected chi connectivity index (χ3v) is 3.66. The molecule has 1 aromatic heterocycles. The lowest BCUT2D eigenvalue weighted by atomic mass is 9.87. The van der Waals surface area contributed by atoms with E-state index in [-0.39, 0.29) is 11.8 Å². The number of nitrogens with zero attached hydrogens (tertiary/aromatic N) is 1. The molecule has 3 N–H and O–H groups in total. The standard InChI is InChI=1S/C11H17N3O2S/c1-6(2)11(4,10(12)16)14-9(15)8-5-17-7(3)13-8/h5-6H,1-4H3,(H2,12,16)(H,14,15). The van der Waals surface area contributed by atoms with Crippen LogP contribution in [0.1, 0.15) is 36.3 Å². The van der Waals surface area contributed by atoms with Crippen LogP contribution >= 0.6 is 11.3 Å². The van der Waals surface area contributed by atoms with Crippen LogP contribution < -0.4 is 11.1 Å². The number of aromatic nitrogens is 1. The van der Waals surface area contributed by atoms with Crippen LogP contribution in [0.5, 0.6) is 0 Å². The molecule has 0 bridgehead atoms. The third kappa shape index (κ3) is 2.82. The summed E-state index contributed by atoms with van der Waals surface area (Å²) in [6, 6.07) is 0. The maximum absolute atomic E-state index is 11.9. The summed E-state index contributed by atoms with van der Waals surface area (Å²) in [5, 5.41) is 5.12. The average molecular weight is 255 g/mol. The Kier molecular flexibility index (Phi) is 3.87. The normalized spacial score (nSPS) is 14.4. The first-order valence-corrected chi connectivity index (χ1v) is 6.20. The molecule has 1 aromatic rings. The molecule has 0 saturated carbocycles. The van der Waals surface area contributed by atoms with Gasteiger partial charge < -0.3 is 11.1 Å². The fourth-order valence-corrected chi connectivity index (χ4v) is 1.85. The summed E-state index contributed by atoms with van der Waals surface area (Å²) >= 11 is 1.39. The maximum atomic E-state index is 11.9. The van der Waals surface area contributed by atoms with Crippen molar-refractivity contribution >= 4 is 23.2 Å². The third-order valence-electron chi connectivity index (χ3n) is 2.89. The molecule has 1 unspecified atom stereocenters. The van der Waals surface area contributed by atoms with Gasteiger partial charge in [-0.3, -0.25) is 9.59 Å². The molecule has 6 heteroatoms. The number of nitrogens with one attached hydrogen (secondary N) is 1. The smallest absolute Gasteiger partial charge is 0.271 e. The SMILES string of the molecule is Cc1nc(C(=O)NC(C)(C(N)=O)C(C)C)cs1. The van der Waals surface area contributed by atoms with E-state index in [1.165, 1.54) is 11.3 Å². The van der Waals surface area contributed by atoms with Crippen LogP contribution in [0.15, 0.2) is 5.38 Å². The Bertz CT molecular complexity index is 442. The minimum atomic E-state index is -1.06. The highest BCUT2D eigenvalue weighted by Gasteiger charge is 2.36. The molecule has 0 aliphatic rings. The quantitative estimate of drug-likeness (QED) is 0.844. The van der Waals surface area contributed by atoms with Crippen molar-refractivity contribution in [3.63, 3.8) is 0 Å². The van der Waals surface area contributed by atoms with Crippen LogP contribution in [-0.4, -0.2) is 22.3 Å². The summed E-state index contributed by atoms with van der Waals surface area (Å²) in [4.78, 5) is 27.4. The van der Waals surface area contributed by atoms with Gasteiger partial charge in [0.15, 0.2) is 0 Å². The molecule has 2 amide bonds. The first-order chi connectivity index (χ1) is 7.77. The number of primary amides is 1. The van der Waals surface area contributed by atoms with Gasteiger partial charge in [-0.2, -0.15) is 0 Å². The number of rotatable bonds is 4. The van der Waals surface area contributed by atoms with E-state index in [2.05, 4.69) is 10.3 Å². The Labute approximate surface area is 104 Å². The molecule has 0 aliphatic carbocycles. The molecule has 5 nitrogen and oxygen atoms in total. The predicted octanol–water partition coefficient (Wildman–Crippen LogP) is 1.08. The van der Waals surface area contributed by atoms with Gasteiger partial charge in [-0.25, -0.2) is 4.98 Å². The van der Waals surface area contributed by atoms with Crippen molar-refractivity contribution in [3.8, 4) is 0 Å². The highest BCUT2D eigenvalue weighted by atomic mass is 32.1. The molecule has 0 saturated heterocycles. The Hall–Kier alpha value is -1.43. The summed E-state index contributed by atoms with van der Waals surface area (Å²) in [6.07, 6.45) is 0. The van der Waals surface area contributed by atoms with Crippen LogP contribution in [0.25, 0.3) is 0 Å². The number of carbonyl (C=O) groups excluding carboxylic acids is 2. The van der Waals surface area contributed by atoms with Crippen molar-refractivity contribution in [1.29, 1.82) is 0 Å². The van der Waals surface area contributed by atoms with Crippen LogP contribution in [0, 0.1) is 12.8 Å². The van der Waals surface area contributed by atoms with Gasteiger partial charge in [0.1, 0.15) is 11.2 Å². The second-order valence-electron chi connectivity index (χ2n) is 4.43. The Balaban J connectivity index is 2.89. The van der Waals surface area contributed by atoms with Gasteiger partial charge in [0.05, 0.1) is 5.01 Å². The molecule has 0 radical (unpaired) electrons. The van der Waals surface area contributed by atoms with Crippen LogP contribution in [0.2, 0.25) is 0 Å². The number of amides is 2. The van der Waals surface area contributed by atoms with Crippen molar-refractivity contribution in [2.24, 2.45) is 11.7 Å². The summed E-state index contributed by atoms with van der Waals surface area (Å²) < 4.78 is 0. The second-order valence-corrected chi connectivity index (χ2v) is 5.49. The number of carbonyl (C=O) groups is 2. The fourth-order valence-electron chi connectivity index (χ4n) is 1.26. The molecule has 0 fully saturated rings. The molecule has 0 aromatic carbocycles. The van der Waals surface area contributed by atoms with E-state index in [9.17, 15) is 9.59 Å². The molecule has 1 heterocycles. The van der Waals surface area contributed by atoms with E-state index in [0.717, 1.165) is 5.01 Å². The first kappa shape index (κ1) is 13.6. The number of hydrogen-bond acceptors (Lipinski definition) is 4. The fraction of sp³-hybridized carbons (Fsp3) is 0.545. The van der Waals surface area contributed by atoms with Crippen molar-refractivity contribution in [3.05, 3.63) is 16.1 Å². The molecule has 1 atom stereocenters. The maximum Gasteiger partial charge on any atom is 0.271 e. The zero-order valence-corrected chi connectivity index (χ0v) is 11.2. The number of nitrogens with two attached hydrogens (primary N) is 1. The predicted molar refractivity (Wildman–Crippen MR) is 66.8 cm³/mol. The molecular formula is C11H17N3O2S. The van der Waals surface area contributed by atoms with Crippen molar-refractivity contribution in [2.45, 2.75) is 33.2 Å². The number of aryl methyl sites for hydroxylation is 1. The van der Waals surface area contributed by atoms with Crippen LogP contribution in [0.4, 0.5) is 0 Å².